The lowest BCUT2D eigenvalue weighted by Crippen LogP contribution is -2.36. The molecule has 0 bridgehead atoms. The van der Waals surface area contributed by atoms with Gasteiger partial charge in [-0.15, -0.1) is 0 Å². The second-order valence-corrected chi connectivity index (χ2v) is 8.88. The fourth-order valence-electron chi connectivity index (χ4n) is 4.02. The number of carbonyl (C=O) groups excluding carboxylic acids is 1. The van der Waals surface area contributed by atoms with E-state index in [1.54, 1.807) is 11.9 Å². The largest absolute Gasteiger partial charge is 0.344 e. The first-order valence-corrected chi connectivity index (χ1v) is 11.2. The summed E-state index contributed by atoms with van der Waals surface area (Å²) in [5.74, 6) is 1.05. The summed E-state index contributed by atoms with van der Waals surface area (Å²) in [5.41, 5.74) is 0.646. The molecule has 1 aromatic heterocycles. The molecule has 1 aliphatic rings. The van der Waals surface area contributed by atoms with Crippen LogP contribution in [0.3, 0.4) is 0 Å². The van der Waals surface area contributed by atoms with Crippen LogP contribution < -0.4 is 5.56 Å². The summed E-state index contributed by atoms with van der Waals surface area (Å²) in [6.07, 6.45) is 3.53. The summed E-state index contributed by atoms with van der Waals surface area (Å²) in [5, 5.41) is 9.96. The van der Waals surface area contributed by atoms with Crippen molar-refractivity contribution in [2.45, 2.75) is 50.7 Å². The maximum Gasteiger partial charge on any atom is 0.262 e. The van der Waals surface area contributed by atoms with Crippen LogP contribution in [0.25, 0.3) is 10.9 Å². The number of benzene rings is 1. The quantitative estimate of drug-likeness (QED) is 0.532. The Kier molecular flexibility index (Phi) is 6.96. The fourth-order valence-corrected chi connectivity index (χ4v) is 5.01. The lowest BCUT2D eigenvalue weighted by Gasteiger charge is -2.36. The van der Waals surface area contributed by atoms with Crippen LogP contribution in [0, 0.1) is 23.2 Å². The summed E-state index contributed by atoms with van der Waals surface area (Å²) in [6.45, 7) is 4.87. The molecule has 1 fully saturated rings. The van der Waals surface area contributed by atoms with Crippen molar-refractivity contribution in [2.24, 2.45) is 11.8 Å². The molecule has 1 aliphatic carbocycles. The SMILES string of the molecule is C[C@H]1[C@H](n2c(SCC(=O)N(C)CCC#N)nc3ccccc3c2=O)CCC[C@@H]1C. The molecule has 3 rings (SSSR count). The monoisotopic (exact) mass is 412 g/mol. The minimum atomic E-state index is -0.0655. The molecule has 1 saturated carbocycles. The maximum absolute atomic E-state index is 13.4. The number of hydrogen-bond donors (Lipinski definition) is 0. The molecule has 0 saturated heterocycles. The number of thioether (sulfide) groups is 1. The molecule has 0 N–H and O–H groups in total. The third kappa shape index (κ3) is 4.64. The molecule has 0 radical (unpaired) electrons. The summed E-state index contributed by atoms with van der Waals surface area (Å²) >= 11 is 1.32. The Morgan fingerprint density at radius 3 is 2.86 bits per heavy atom. The molecule has 1 aromatic carbocycles. The number of aromatic nitrogens is 2. The highest BCUT2D eigenvalue weighted by Gasteiger charge is 2.31. The normalized spacial score (nSPS) is 21.7. The standard InChI is InChI=1S/C22H28N4O2S/c1-15-8-6-11-19(16(15)2)26-21(28)17-9-4-5-10-18(17)24-22(26)29-14-20(27)25(3)13-7-12-23/h4-5,9-10,15-16,19H,6-8,11,13-14H2,1-3H3/t15-,16+,19+/m0/s1. The van der Waals surface area contributed by atoms with Crippen LogP contribution in [0.4, 0.5) is 0 Å². The number of amides is 1. The Morgan fingerprint density at radius 1 is 1.34 bits per heavy atom. The highest BCUT2D eigenvalue weighted by molar-refractivity contribution is 7.99. The lowest BCUT2D eigenvalue weighted by atomic mass is 9.78. The Morgan fingerprint density at radius 2 is 2.10 bits per heavy atom. The van der Waals surface area contributed by atoms with E-state index in [9.17, 15) is 9.59 Å². The number of hydrogen-bond acceptors (Lipinski definition) is 5. The van der Waals surface area contributed by atoms with E-state index in [1.807, 2.05) is 28.8 Å². The van der Waals surface area contributed by atoms with Crippen molar-refractivity contribution >= 4 is 28.6 Å². The molecule has 0 spiro atoms. The van der Waals surface area contributed by atoms with Gasteiger partial charge in [-0.2, -0.15) is 5.26 Å². The topological polar surface area (TPSA) is 79.0 Å². The maximum atomic E-state index is 13.4. The highest BCUT2D eigenvalue weighted by Crippen LogP contribution is 2.38. The van der Waals surface area contributed by atoms with Gasteiger partial charge in [0.25, 0.3) is 5.56 Å². The van der Waals surface area contributed by atoms with Gasteiger partial charge in [0.15, 0.2) is 5.16 Å². The predicted octanol–water partition coefficient (Wildman–Crippen LogP) is 3.86. The van der Waals surface area contributed by atoms with Crippen molar-refractivity contribution in [1.29, 1.82) is 5.26 Å². The first kappa shape index (κ1) is 21.4. The van der Waals surface area contributed by atoms with Crippen molar-refractivity contribution in [3.8, 4) is 6.07 Å². The third-order valence-corrected chi connectivity index (χ3v) is 7.02. The van der Waals surface area contributed by atoms with Crippen molar-refractivity contribution < 1.29 is 4.79 Å². The lowest BCUT2D eigenvalue weighted by molar-refractivity contribution is -0.127. The van der Waals surface area contributed by atoms with Crippen LogP contribution in [0.5, 0.6) is 0 Å². The number of nitriles is 1. The summed E-state index contributed by atoms with van der Waals surface area (Å²) < 4.78 is 1.84. The van der Waals surface area contributed by atoms with Gasteiger partial charge in [0.1, 0.15) is 0 Å². The van der Waals surface area contributed by atoms with Gasteiger partial charge in [0, 0.05) is 19.6 Å². The fraction of sp³-hybridized carbons (Fsp3) is 0.545. The zero-order chi connectivity index (χ0) is 21.0. The number of rotatable bonds is 6. The van der Waals surface area contributed by atoms with E-state index < -0.39 is 0 Å². The molecule has 6 nitrogen and oxygen atoms in total. The number of nitrogens with zero attached hydrogens (tertiary/aromatic N) is 4. The van der Waals surface area contributed by atoms with Gasteiger partial charge in [-0.3, -0.25) is 14.2 Å². The summed E-state index contributed by atoms with van der Waals surface area (Å²) in [6, 6.07) is 9.56. The second-order valence-electron chi connectivity index (χ2n) is 7.93. The molecular weight excluding hydrogens is 384 g/mol. The van der Waals surface area contributed by atoms with E-state index >= 15 is 0 Å². The van der Waals surface area contributed by atoms with E-state index in [-0.39, 0.29) is 23.3 Å². The van der Waals surface area contributed by atoms with Gasteiger partial charge in [0.05, 0.1) is 29.1 Å². The zero-order valence-corrected chi connectivity index (χ0v) is 18.1. The Hall–Kier alpha value is -2.33. The van der Waals surface area contributed by atoms with Crippen LogP contribution in [0.15, 0.2) is 34.2 Å². The second kappa shape index (κ2) is 9.45. The number of para-hydroxylation sites is 1. The molecule has 0 unspecified atom stereocenters. The van der Waals surface area contributed by atoms with E-state index in [0.29, 0.717) is 40.9 Å². The van der Waals surface area contributed by atoms with Crippen LogP contribution >= 0.6 is 11.8 Å². The van der Waals surface area contributed by atoms with Crippen molar-refractivity contribution in [3.63, 3.8) is 0 Å². The van der Waals surface area contributed by atoms with Gasteiger partial charge in [-0.25, -0.2) is 4.98 Å². The molecule has 7 heteroatoms. The molecule has 29 heavy (non-hydrogen) atoms. The number of fused-ring (bicyclic) bond motifs is 1. The molecule has 154 valence electrons. The zero-order valence-electron chi connectivity index (χ0n) is 17.3. The van der Waals surface area contributed by atoms with Crippen molar-refractivity contribution in [1.82, 2.24) is 14.5 Å². The summed E-state index contributed by atoms with van der Waals surface area (Å²) in [4.78, 5) is 32.2. The van der Waals surface area contributed by atoms with E-state index in [1.165, 1.54) is 18.2 Å². The average Bonchev–Trinajstić information content (AvgIpc) is 2.72. The third-order valence-electron chi connectivity index (χ3n) is 6.08. The van der Waals surface area contributed by atoms with Gasteiger partial charge in [0.2, 0.25) is 5.91 Å². The van der Waals surface area contributed by atoms with Gasteiger partial charge < -0.3 is 4.90 Å². The smallest absolute Gasteiger partial charge is 0.262 e. The van der Waals surface area contributed by atoms with E-state index in [4.69, 9.17) is 10.2 Å². The van der Waals surface area contributed by atoms with Crippen LogP contribution in [-0.4, -0.2) is 39.7 Å². The Bertz CT molecular complexity index is 981. The molecule has 2 aromatic rings. The Labute approximate surface area is 175 Å². The highest BCUT2D eigenvalue weighted by atomic mass is 32.2. The average molecular weight is 413 g/mol. The molecule has 3 atom stereocenters. The summed E-state index contributed by atoms with van der Waals surface area (Å²) in [7, 11) is 1.70. The van der Waals surface area contributed by atoms with Crippen molar-refractivity contribution in [3.05, 3.63) is 34.6 Å². The van der Waals surface area contributed by atoms with Gasteiger partial charge in [-0.1, -0.05) is 50.6 Å². The molecular formula is C22H28N4O2S. The minimum absolute atomic E-state index is 0.0191. The first-order valence-electron chi connectivity index (χ1n) is 10.2. The number of carbonyl (C=O) groups is 1. The van der Waals surface area contributed by atoms with Crippen LogP contribution in [0.2, 0.25) is 0 Å². The van der Waals surface area contributed by atoms with Crippen LogP contribution in [-0.2, 0) is 4.79 Å². The molecule has 1 amide bonds. The van der Waals surface area contributed by atoms with Gasteiger partial charge >= 0.3 is 0 Å². The molecule has 0 aliphatic heterocycles. The Balaban J connectivity index is 1.96. The van der Waals surface area contributed by atoms with Gasteiger partial charge in [-0.05, 0) is 30.4 Å². The van der Waals surface area contributed by atoms with Crippen LogP contribution in [0.1, 0.15) is 45.6 Å². The predicted molar refractivity (Wildman–Crippen MR) is 116 cm³/mol. The minimum Gasteiger partial charge on any atom is -0.344 e. The van der Waals surface area contributed by atoms with E-state index in [2.05, 4.69) is 19.9 Å². The van der Waals surface area contributed by atoms with E-state index in [0.717, 1.165) is 12.8 Å². The first-order chi connectivity index (χ1) is 13.9. The van der Waals surface area contributed by atoms with Crippen molar-refractivity contribution in [2.75, 3.05) is 19.3 Å². The molecule has 1 heterocycles.